The van der Waals surface area contributed by atoms with Gasteiger partial charge in [-0.2, -0.15) is 0 Å². The quantitative estimate of drug-likeness (QED) is 0.764. The fraction of sp³-hybridized carbons (Fsp3) is 0.333. The van der Waals surface area contributed by atoms with Crippen LogP contribution in [0, 0.1) is 0 Å². The molecule has 2 N–H and O–H groups in total. The van der Waals surface area contributed by atoms with Crippen molar-refractivity contribution in [2.24, 2.45) is 0 Å². The molecule has 2 amide bonds. The average molecular weight is 354 g/mol. The number of rotatable bonds is 8. The number of nitrogens with one attached hydrogen (secondary N) is 2. The van der Waals surface area contributed by atoms with E-state index in [2.05, 4.69) is 10.6 Å². The molecule has 0 bridgehead atoms. The Balaban J connectivity index is 1.81. The molecule has 1 unspecified atom stereocenters. The molecule has 0 saturated carbocycles. The second-order valence-electron chi connectivity index (χ2n) is 6.52. The summed E-state index contributed by atoms with van der Waals surface area (Å²) in [4.78, 5) is 24.0. The second kappa shape index (κ2) is 9.73. The molecule has 2 aromatic carbocycles. The Labute approximate surface area is 154 Å². The monoisotopic (exact) mass is 354 g/mol. The van der Waals surface area contributed by atoms with Crippen molar-refractivity contribution in [1.82, 2.24) is 5.32 Å². The normalized spacial score (nSPS) is 11.8. The zero-order valence-corrected chi connectivity index (χ0v) is 15.5. The molecule has 0 aliphatic rings. The number of ether oxygens (including phenoxy) is 1. The van der Waals surface area contributed by atoms with E-state index in [0.29, 0.717) is 18.7 Å². The summed E-state index contributed by atoms with van der Waals surface area (Å²) in [7, 11) is 0. The number of amides is 2. The molecule has 0 aliphatic carbocycles. The largest absolute Gasteiger partial charge is 0.364 e. The number of hydrogen-bond acceptors (Lipinski definition) is 3. The number of hydrogen-bond donors (Lipinski definition) is 2. The smallest absolute Gasteiger partial charge is 0.253 e. The van der Waals surface area contributed by atoms with Crippen LogP contribution in [0.1, 0.15) is 31.9 Å². The maximum atomic E-state index is 12.2. The minimum atomic E-state index is -0.563. The van der Waals surface area contributed by atoms with Crippen LogP contribution in [0.4, 0.5) is 5.69 Å². The lowest BCUT2D eigenvalue weighted by molar-refractivity contribution is -0.127. The van der Waals surface area contributed by atoms with Gasteiger partial charge in [0.05, 0.1) is 13.0 Å². The number of carbonyl (C=O) groups is 2. The molecule has 0 aromatic heterocycles. The highest BCUT2D eigenvalue weighted by molar-refractivity contribution is 5.93. The summed E-state index contributed by atoms with van der Waals surface area (Å²) in [6.07, 6.45) is -0.241. The van der Waals surface area contributed by atoms with Gasteiger partial charge in [-0.15, -0.1) is 0 Å². The zero-order chi connectivity index (χ0) is 18.9. The second-order valence-corrected chi connectivity index (χ2v) is 6.52. The van der Waals surface area contributed by atoms with Gasteiger partial charge in [-0.05, 0) is 44.0 Å². The molecule has 5 heteroatoms. The topological polar surface area (TPSA) is 67.4 Å². The van der Waals surface area contributed by atoms with Crippen molar-refractivity contribution in [3.8, 4) is 0 Å². The minimum absolute atomic E-state index is 0.0141. The van der Waals surface area contributed by atoms with Crippen LogP contribution < -0.4 is 10.6 Å². The van der Waals surface area contributed by atoms with Gasteiger partial charge in [0.2, 0.25) is 5.91 Å². The lowest BCUT2D eigenvalue weighted by Gasteiger charge is -2.14. The van der Waals surface area contributed by atoms with Crippen molar-refractivity contribution in [3.63, 3.8) is 0 Å². The van der Waals surface area contributed by atoms with Gasteiger partial charge >= 0.3 is 0 Å². The fourth-order valence-electron chi connectivity index (χ4n) is 2.38. The molecular weight excluding hydrogens is 328 g/mol. The molecule has 0 saturated heterocycles. The van der Waals surface area contributed by atoms with E-state index in [1.807, 2.05) is 56.3 Å². The summed E-state index contributed by atoms with van der Waals surface area (Å²) in [6, 6.07) is 17.1. The molecule has 138 valence electrons. The number of anilines is 1. The van der Waals surface area contributed by atoms with E-state index in [0.717, 1.165) is 11.1 Å². The highest BCUT2D eigenvalue weighted by atomic mass is 16.5. The predicted octanol–water partition coefficient (Wildman–Crippen LogP) is 3.30. The van der Waals surface area contributed by atoms with Gasteiger partial charge in [0.1, 0.15) is 6.10 Å². The van der Waals surface area contributed by atoms with Gasteiger partial charge < -0.3 is 15.4 Å². The molecule has 1 atom stereocenters. The summed E-state index contributed by atoms with van der Waals surface area (Å²) in [5.74, 6) is -0.217. The number of carbonyl (C=O) groups excluding carboxylic acids is 2. The molecule has 0 fully saturated rings. The van der Waals surface area contributed by atoms with Crippen LogP contribution in [-0.4, -0.2) is 24.0 Å². The molecule has 0 heterocycles. The predicted molar refractivity (Wildman–Crippen MR) is 103 cm³/mol. The summed E-state index contributed by atoms with van der Waals surface area (Å²) in [5, 5.41) is 5.68. The van der Waals surface area contributed by atoms with Crippen LogP contribution in [-0.2, 0) is 27.4 Å². The highest BCUT2D eigenvalue weighted by Crippen LogP contribution is 2.12. The van der Waals surface area contributed by atoms with E-state index in [9.17, 15) is 9.59 Å². The molecule has 0 aliphatic heterocycles. The summed E-state index contributed by atoms with van der Waals surface area (Å²) in [5.41, 5.74) is 2.60. The van der Waals surface area contributed by atoms with Crippen molar-refractivity contribution in [2.75, 3.05) is 5.32 Å². The van der Waals surface area contributed by atoms with Gasteiger partial charge in [0.15, 0.2) is 0 Å². The summed E-state index contributed by atoms with van der Waals surface area (Å²) in [6.45, 7) is 5.97. The van der Waals surface area contributed by atoms with Crippen LogP contribution in [0.25, 0.3) is 0 Å². The van der Waals surface area contributed by atoms with Crippen LogP contribution in [0.3, 0.4) is 0 Å². The first-order chi connectivity index (χ1) is 12.4. The fourth-order valence-corrected chi connectivity index (χ4v) is 2.38. The van der Waals surface area contributed by atoms with E-state index < -0.39 is 6.10 Å². The van der Waals surface area contributed by atoms with Crippen molar-refractivity contribution >= 4 is 17.5 Å². The first-order valence-corrected chi connectivity index (χ1v) is 8.78. The van der Waals surface area contributed by atoms with Crippen molar-refractivity contribution in [1.29, 1.82) is 0 Å². The van der Waals surface area contributed by atoms with Crippen molar-refractivity contribution in [3.05, 3.63) is 65.7 Å². The van der Waals surface area contributed by atoms with Crippen molar-refractivity contribution in [2.45, 2.75) is 45.9 Å². The average Bonchev–Trinajstić information content (AvgIpc) is 2.61. The Kier molecular flexibility index (Phi) is 7.36. The Morgan fingerprint density at radius 1 is 0.923 bits per heavy atom. The molecule has 0 spiro atoms. The van der Waals surface area contributed by atoms with E-state index in [1.165, 1.54) is 0 Å². The van der Waals surface area contributed by atoms with Crippen LogP contribution in [0.2, 0.25) is 0 Å². The zero-order valence-electron chi connectivity index (χ0n) is 15.5. The third-order valence-electron chi connectivity index (χ3n) is 3.75. The van der Waals surface area contributed by atoms with Crippen molar-refractivity contribution < 1.29 is 14.3 Å². The lowest BCUT2D eigenvalue weighted by atomic mass is 10.1. The highest BCUT2D eigenvalue weighted by Gasteiger charge is 2.14. The Morgan fingerprint density at radius 2 is 1.58 bits per heavy atom. The van der Waals surface area contributed by atoms with Crippen LogP contribution in [0.5, 0.6) is 0 Å². The first-order valence-electron chi connectivity index (χ1n) is 8.78. The molecule has 5 nitrogen and oxygen atoms in total. The van der Waals surface area contributed by atoms with Crippen LogP contribution in [0.15, 0.2) is 54.6 Å². The minimum Gasteiger partial charge on any atom is -0.364 e. The van der Waals surface area contributed by atoms with E-state index in [4.69, 9.17) is 4.74 Å². The molecule has 2 aromatic rings. The van der Waals surface area contributed by atoms with Gasteiger partial charge in [-0.3, -0.25) is 9.59 Å². The van der Waals surface area contributed by atoms with E-state index >= 15 is 0 Å². The lowest BCUT2D eigenvalue weighted by Crippen LogP contribution is -2.31. The third-order valence-corrected chi connectivity index (χ3v) is 3.75. The molecule has 0 radical (unpaired) electrons. The van der Waals surface area contributed by atoms with E-state index in [1.54, 1.807) is 19.1 Å². The molecule has 2 rings (SSSR count). The van der Waals surface area contributed by atoms with Gasteiger partial charge in [-0.25, -0.2) is 0 Å². The Morgan fingerprint density at radius 3 is 2.19 bits per heavy atom. The van der Waals surface area contributed by atoms with E-state index in [-0.39, 0.29) is 17.9 Å². The van der Waals surface area contributed by atoms with Gasteiger partial charge in [0, 0.05) is 11.7 Å². The standard InChI is InChI=1S/C21H26N2O3/c1-15(2)22-20(24)13-17-9-11-19(12-10-17)23-21(25)16(3)26-14-18-7-5-4-6-8-18/h4-12,15-16H,13-14H2,1-3H3,(H,22,24)(H,23,25). The Bertz CT molecular complexity index is 712. The SMILES string of the molecule is CC(C)NC(=O)Cc1ccc(NC(=O)C(C)OCc2ccccc2)cc1. The maximum Gasteiger partial charge on any atom is 0.253 e. The van der Waals surface area contributed by atoms with Gasteiger partial charge in [0.25, 0.3) is 5.91 Å². The first kappa shape index (κ1) is 19.7. The summed E-state index contributed by atoms with van der Waals surface area (Å²) < 4.78 is 5.61. The maximum absolute atomic E-state index is 12.2. The van der Waals surface area contributed by atoms with Crippen LogP contribution >= 0.6 is 0 Å². The third kappa shape index (κ3) is 6.69. The summed E-state index contributed by atoms with van der Waals surface area (Å²) >= 11 is 0. The number of benzene rings is 2. The Hall–Kier alpha value is -2.66. The van der Waals surface area contributed by atoms with Gasteiger partial charge in [-0.1, -0.05) is 42.5 Å². The molecular formula is C21H26N2O3. The molecule has 26 heavy (non-hydrogen) atoms.